The summed E-state index contributed by atoms with van der Waals surface area (Å²) in [5, 5.41) is 0.0751. The highest BCUT2D eigenvalue weighted by molar-refractivity contribution is 6.75. The molecule has 0 aliphatic heterocycles. The summed E-state index contributed by atoms with van der Waals surface area (Å²) >= 11 is 0. The third-order valence-corrected chi connectivity index (χ3v) is 7.91. The second kappa shape index (κ2) is 4.30. The van der Waals surface area contributed by atoms with Gasteiger partial charge in [0, 0.05) is 6.08 Å². The van der Waals surface area contributed by atoms with Crippen LogP contribution in [-0.4, -0.2) is 14.3 Å². The van der Waals surface area contributed by atoms with E-state index in [-0.39, 0.29) is 11.0 Å². The lowest BCUT2D eigenvalue weighted by molar-refractivity contribution is -0.130. The Labute approximate surface area is 88.5 Å². The van der Waals surface area contributed by atoms with Crippen molar-refractivity contribution in [1.82, 2.24) is 0 Å². The highest BCUT2D eigenvalue weighted by Gasteiger charge is 2.45. The fourth-order valence-electron chi connectivity index (χ4n) is 1.12. The highest BCUT2D eigenvalue weighted by atomic mass is 28.4. The van der Waals surface area contributed by atoms with Crippen LogP contribution in [0.1, 0.15) is 27.7 Å². The first kappa shape index (κ1) is 13.4. The fourth-order valence-corrected chi connectivity index (χ4v) is 3.36. The van der Waals surface area contributed by atoms with E-state index in [1.165, 1.54) is 6.08 Å². The minimum absolute atomic E-state index is 0.0751. The summed E-state index contributed by atoms with van der Waals surface area (Å²) in [5.41, 5.74) is 0. The summed E-state index contributed by atoms with van der Waals surface area (Å²) in [6.45, 7) is 16.2. The van der Waals surface area contributed by atoms with Crippen molar-refractivity contribution in [2.45, 2.75) is 45.8 Å². The van der Waals surface area contributed by atoms with Crippen molar-refractivity contribution in [2.24, 2.45) is 5.92 Å². The van der Waals surface area contributed by atoms with Crippen molar-refractivity contribution < 1.29 is 9.22 Å². The average molecular weight is 214 g/mol. The second-order valence-electron chi connectivity index (χ2n) is 5.01. The lowest BCUT2D eigenvalue weighted by atomic mass is 9.99. The monoisotopic (exact) mass is 214 g/mol. The van der Waals surface area contributed by atoms with Gasteiger partial charge in [-0.25, -0.2) is 4.79 Å². The first-order chi connectivity index (χ1) is 6.15. The van der Waals surface area contributed by atoms with Crippen LogP contribution in [0.3, 0.4) is 0 Å². The Balaban J connectivity index is 4.76. The zero-order valence-corrected chi connectivity index (χ0v) is 11.2. The molecule has 0 aromatic carbocycles. The Morgan fingerprint density at radius 1 is 1.43 bits per heavy atom. The minimum atomic E-state index is -2.00. The van der Waals surface area contributed by atoms with Gasteiger partial charge in [0.05, 0.1) is 0 Å². The van der Waals surface area contributed by atoms with E-state index in [1.807, 2.05) is 0 Å². The van der Waals surface area contributed by atoms with E-state index in [9.17, 15) is 4.79 Å². The molecule has 0 saturated heterocycles. The SMILES string of the molecule is C=CC(=O)O[Si](C)(C)C(C)(C)C(C)C. The van der Waals surface area contributed by atoms with Crippen LogP contribution in [0.2, 0.25) is 18.1 Å². The molecule has 0 atom stereocenters. The number of carbonyl (C=O) groups is 1. The van der Waals surface area contributed by atoms with E-state index in [2.05, 4.69) is 47.4 Å². The van der Waals surface area contributed by atoms with Gasteiger partial charge in [-0.05, 0) is 24.1 Å². The zero-order chi connectivity index (χ0) is 11.6. The molecule has 0 heterocycles. The molecular weight excluding hydrogens is 192 g/mol. The first-order valence-corrected chi connectivity index (χ1v) is 7.91. The van der Waals surface area contributed by atoms with Crippen molar-refractivity contribution >= 4 is 14.3 Å². The minimum Gasteiger partial charge on any atom is -0.516 e. The van der Waals surface area contributed by atoms with E-state index >= 15 is 0 Å². The van der Waals surface area contributed by atoms with Crippen molar-refractivity contribution in [1.29, 1.82) is 0 Å². The summed E-state index contributed by atoms with van der Waals surface area (Å²) in [4.78, 5) is 11.2. The van der Waals surface area contributed by atoms with Crippen molar-refractivity contribution in [2.75, 3.05) is 0 Å². The number of hydrogen-bond acceptors (Lipinski definition) is 2. The van der Waals surface area contributed by atoms with E-state index in [0.29, 0.717) is 5.92 Å². The third-order valence-electron chi connectivity index (χ3n) is 3.52. The predicted octanol–water partition coefficient (Wildman–Crippen LogP) is 3.36. The van der Waals surface area contributed by atoms with Gasteiger partial charge in [-0.3, -0.25) is 0 Å². The summed E-state index contributed by atoms with van der Waals surface area (Å²) in [7, 11) is -2.00. The highest BCUT2D eigenvalue weighted by Crippen LogP contribution is 2.44. The molecule has 0 N–H and O–H groups in total. The van der Waals surface area contributed by atoms with E-state index in [1.54, 1.807) is 0 Å². The summed E-state index contributed by atoms with van der Waals surface area (Å²) < 4.78 is 5.50. The maximum Gasteiger partial charge on any atom is 0.316 e. The molecule has 0 radical (unpaired) electrons. The number of carbonyl (C=O) groups excluding carboxylic acids is 1. The van der Waals surface area contributed by atoms with Crippen LogP contribution in [0.25, 0.3) is 0 Å². The fraction of sp³-hybridized carbons (Fsp3) is 0.727. The van der Waals surface area contributed by atoms with E-state index in [0.717, 1.165) is 0 Å². The van der Waals surface area contributed by atoms with Gasteiger partial charge in [0.25, 0.3) is 8.32 Å². The average Bonchev–Trinajstić information content (AvgIpc) is 2.02. The lowest BCUT2D eigenvalue weighted by Crippen LogP contribution is -2.46. The van der Waals surface area contributed by atoms with Gasteiger partial charge in [0.2, 0.25) is 0 Å². The number of rotatable bonds is 4. The molecule has 82 valence electrons. The van der Waals surface area contributed by atoms with Crippen LogP contribution in [0.5, 0.6) is 0 Å². The summed E-state index contributed by atoms with van der Waals surface area (Å²) in [6.07, 6.45) is 1.24. The number of hydrogen-bond donors (Lipinski definition) is 0. The largest absolute Gasteiger partial charge is 0.516 e. The summed E-state index contributed by atoms with van der Waals surface area (Å²) in [6, 6.07) is 0. The van der Waals surface area contributed by atoms with Crippen LogP contribution >= 0.6 is 0 Å². The normalized spacial score (nSPS) is 12.8. The molecule has 0 bridgehead atoms. The molecule has 0 aliphatic carbocycles. The van der Waals surface area contributed by atoms with Crippen LogP contribution in [-0.2, 0) is 9.22 Å². The van der Waals surface area contributed by atoms with Gasteiger partial charge >= 0.3 is 5.97 Å². The molecule has 14 heavy (non-hydrogen) atoms. The molecule has 0 aliphatic rings. The molecular formula is C11H22O2Si. The van der Waals surface area contributed by atoms with Crippen LogP contribution in [0.15, 0.2) is 12.7 Å². The van der Waals surface area contributed by atoms with Gasteiger partial charge in [0.1, 0.15) is 0 Å². The van der Waals surface area contributed by atoms with Gasteiger partial charge in [-0.15, -0.1) is 0 Å². The quantitative estimate of drug-likeness (QED) is 0.530. The predicted molar refractivity (Wildman–Crippen MR) is 62.7 cm³/mol. The molecule has 0 aromatic rings. The van der Waals surface area contributed by atoms with Gasteiger partial charge in [-0.2, -0.15) is 0 Å². The molecule has 0 saturated carbocycles. The van der Waals surface area contributed by atoms with Crippen molar-refractivity contribution in [3.8, 4) is 0 Å². The molecule has 0 fully saturated rings. The van der Waals surface area contributed by atoms with Crippen LogP contribution in [0, 0.1) is 5.92 Å². The topological polar surface area (TPSA) is 26.3 Å². The van der Waals surface area contributed by atoms with E-state index < -0.39 is 8.32 Å². The molecule has 2 nitrogen and oxygen atoms in total. The third kappa shape index (κ3) is 2.71. The Bertz CT molecular complexity index is 229. The maximum absolute atomic E-state index is 11.2. The molecule has 0 spiro atoms. The first-order valence-electron chi connectivity index (χ1n) is 5.00. The van der Waals surface area contributed by atoms with Crippen LogP contribution in [0.4, 0.5) is 0 Å². The molecule has 0 rings (SSSR count). The van der Waals surface area contributed by atoms with E-state index in [4.69, 9.17) is 4.43 Å². The summed E-state index contributed by atoms with van der Waals surface area (Å²) in [5.74, 6) is 0.206. The maximum atomic E-state index is 11.2. The molecule has 0 unspecified atom stereocenters. The standard InChI is InChI=1S/C11H22O2Si/c1-8-10(12)13-14(6,7)11(4,5)9(2)3/h8-9H,1H2,2-7H3. The Morgan fingerprint density at radius 2 is 1.86 bits per heavy atom. The lowest BCUT2D eigenvalue weighted by Gasteiger charge is -2.41. The Morgan fingerprint density at radius 3 is 2.14 bits per heavy atom. The smallest absolute Gasteiger partial charge is 0.316 e. The Kier molecular flexibility index (Phi) is 4.12. The second-order valence-corrected chi connectivity index (χ2v) is 9.53. The van der Waals surface area contributed by atoms with Gasteiger partial charge in [0.15, 0.2) is 0 Å². The molecule has 0 amide bonds. The Hall–Kier alpha value is -0.573. The molecule has 0 aromatic heterocycles. The van der Waals surface area contributed by atoms with Gasteiger partial charge < -0.3 is 4.43 Å². The molecule has 3 heteroatoms. The van der Waals surface area contributed by atoms with Crippen LogP contribution < -0.4 is 0 Å². The zero-order valence-electron chi connectivity index (χ0n) is 10.2. The van der Waals surface area contributed by atoms with Crippen molar-refractivity contribution in [3.05, 3.63) is 12.7 Å². The van der Waals surface area contributed by atoms with Crippen molar-refractivity contribution in [3.63, 3.8) is 0 Å². The van der Waals surface area contributed by atoms with Gasteiger partial charge in [-0.1, -0.05) is 34.3 Å².